The average Bonchev–Trinajstić information content (AvgIpc) is 2.73. The Morgan fingerprint density at radius 3 is 2.24 bits per heavy atom. The van der Waals surface area contributed by atoms with Crippen molar-refractivity contribution < 1.29 is 18.9 Å². The van der Waals surface area contributed by atoms with Crippen LogP contribution in [-0.4, -0.2) is 77.9 Å². The molecule has 0 amide bonds. The summed E-state index contributed by atoms with van der Waals surface area (Å²) in [5.74, 6) is 0. The lowest BCUT2D eigenvalue weighted by molar-refractivity contribution is -0.0131. The zero-order chi connectivity index (χ0) is 12.3. The summed E-state index contributed by atoms with van der Waals surface area (Å²) >= 11 is 0. The van der Waals surface area contributed by atoms with Gasteiger partial charge in [0.25, 0.3) is 0 Å². The van der Waals surface area contributed by atoms with Gasteiger partial charge >= 0.3 is 0 Å². The van der Waals surface area contributed by atoms with E-state index in [1.54, 1.807) is 7.11 Å². The molecule has 1 saturated heterocycles. The third-order valence-electron chi connectivity index (χ3n) is 2.73. The lowest BCUT2D eigenvalue weighted by Gasteiger charge is -2.12. The number of methoxy groups -OCH3 is 1. The average molecular weight is 247 g/mol. The van der Waals surface area contributed by atoms with Crippen molar-refractivity contribution in [2.75, 3.05) is 66.9 Å². The van der Waals surface area contributed by atoms with E-state index in [0.717, 1.165) is 19.5 Å². The number of nitrogens with zero attached hydrogens (tertiary/aromatic N) is 1. The van der Waals surface area contributed by atoms with Gasteiger partial charge in [-0.3, -0.25) is 0 Å². The van der Waals surface area contributed by atoms with Crippen molar-refractivity contribution in [3.05, 3.63) is 0 Å². The van der Waals surface area contributed by atoms with E-state index in [9.17, 15) is 0 Å². The van der Waals surface area contributed by atoms with Crippen molar-refractivity contribution >= 4 is 0 Å². The molecule has 1 aliphatic heterocycles. The Morgan fingerprint density at radius 1 is 1.00 bits per heavy atom. The quantitative estimate of drug-likeness (QED) is 0.522. The molecule has 0 N–H and O–H groups in total. The summed E-state index contributed by atoms with van der Waals surface area (Å²) in [6, 6.07) is 0. The fourth-order valence-corrected chi connectivity index (χ4v) is 1.77. The van der Waals surface area contributed by atoms with Crippen LogP contribution in [0.5, 0.6) is 0 Å². The lowest BCUT2D eigenvalue weighted by Crippen LogP contribution is -2.21. The largest absolute Gasteiger partial charge is 0.382 e. The number of rotatable bonds is 10. The van der Waals surface area contributed by atoms with Gasteiger partial charge < -0.3 is 23.8 Å². The van der Waals surface area contributed by atoms with Gasteiger partial charge in [0.05, 0.1) is 45.7 Å². The predicted octanol–water partition coefficient (Wildman–Crippen LogP) is 0.387. The Kier molecular flexibility index (Phi) is 8.56. The van der Waals surface area contributed by atoms with Gasteiger partial charge in [-0.05, 0) is 13.5 Å². The molecule has 0 bridgehead atoms. The van der Waals surface area contributed by atoms with E-state index >= 15 is 0 Å². The van der Waals surface area contributed by atoms with Crippen LogP contribution < -0.4 is 0 Å². The van der Waals surface area contributed by atoms with Crippen LogP contribution in [-0.2, 0) is 18.9 Å². The number of hydrogen-bond acceptors (Lipinski definition) is 5. The summed E-state index contributed by atoms with van der Waals surface area (Å²) in [4.78, 5) is 2.29. The highest BCUT2D eigenvalue weighted by atomic mass is 16.6. The standard InChI is InChI=1S/C12H25NO4/c1-13-4-3-12(11-13)17-10-9-16-8-7-15-6-5-14-2/h12H,3-11H2,1-2H3. The molecule has 1 fully saturated rings. The van der Waals surface area contributed by atoms with E-state index < -0.39 is 0 Å². The summed E-state index contributed by atoms with van der Waals surface area (Å²) in [6.07, 6.45) is 1.53. The molecule has 17 heavy (non-hydrogen) atoms. The molecule has 102 valence electrons. The molecule has 0 aromatic carbocycles. The second-order valence-electron chi connectivity index (χ2n) is 4.26. The molecule has 0 aromatic heterocycles. The maximum absolute atomic E-state index is 5.69. The van der Waals surface area contributed by atoms with Crippen LogP contribution >= 0.6 is 0 Å². The minimum Gasteiger partial charge on any atom is -0.382 e. The highest BCUT2D eigenvalue weighted by Gasteiger charge is 2.19. The van der Waals surface area contributed by atoms with Crippen molar-refractivity contribution in [1.82, 2.24) is 4.90 Å². The molecule has 0 spiro atoms. The molecule has 1 heterocycles. The molecule has 0 saturated carbocycles. The fourth-order valence-electron chi connectivity index (χ4n) is 1.77. The van der Waals surface area contributed by atoms with Gasteiger partial charge in [0, 0.05) is 20.2 Å². The second kappa shape index (κ2) is 9.79. The van der Waals surface area contributed by atoms with Gasteiger partial charge in [-0.25, -0.2) is 0 Å². The third-order valence-corrected chi connectivity index (χ3v) is 2.73. The topological polar surface area (TPSA) is 40.2 Å². The Morgan fingerprint density at radius 2 is 1.65 bits per heavy atom. The normalized spacial score (nSPS) is 21.2. The Hall–Kier alpha value is -0.200. The maximum Gasteiger partial charge on any atom is 0.0715 e. The SMILES string of the molecule is COCCOCCOCCOC1CCN(C)C1. The van der Waals surface area contributed by atoms with E-state index in [4.69, 9.17) is 18.9 Å². The molecule has 1 aliphatic rings. The minimum absolute atomic E-state index is 0.390. The van der Waals surface area contributed by atoms with Gasteiger partial charge in [0.1, 0.15) is 0 Å². The molecule has 5 nitrogen and oxygen atoms in total. The summed E-state index contributed by atoms with van der Waals surface area (Å²) < 4.78 is 21.2. The predicted molar refractivity (Wildman–Crippen MR) is 65.4 cm³/mol. The van der Waals surface area contributed by atoms with Gasteiger partial charge in [-0.15, -0.1) is 0 Å². The molecular weight excluding hydrogens is 222 g/mol. The van der Waals surface area contributed by atoms with Crippen molar-refractivity contribution in [3.8, 4) is 0 Å². The van der Waals surface area contributed by atoms with Gasteiger partial charge in [0.15, 0.2) is 0 Å². The first-order valence-electron chi connectivity index (χ1n) is 6.27. The summed E-state index contributed by atoms with van der Waals surface area (Å²) in [5.41, 5.74) is 0. The van der Waals surface area contributed by atoms with E-state index in [2.05, 4.69) is 11.9 Å². The van der Waals surface area contributed by atoms with E-state index in [1.807, 2.05) is 0 Å². The monoisotopic (exact) mass is 247 g/mol. The summed E-state index contributed by atoms with van der Waals surface area (Å²) in [7, 11) is 3.79. The van der Waals surface area contributed by atoms with Crippen LogP contribution in [0.4, 0.5) is 0 Å². The van der Waals surface area contributed by atoms with E-state index in [0.29, 0.717) is 45.7 Å². The molecule has 0 radical (unpaired) electrons. The zero-order valence-corrected chi connectivity index (χ0v) is 11.0. The molecular formula is C12H25NO4. The molecule has 1 unspecified atom stereocenters. The smallest absolute Gasteiger partial charge is 0.0715 e. The van der Waals surface area contributed by atoms with E-state index in [1.165, 1.54) is 0 Å². The highest BCUT2D eigenvalue weighted by Crippen LogP contribution is 2.09. The molecule has 1 rings (SSSR count). The first-order chi connectivity index (χ1) is 8.33. The Balaban J connectivity index is 1.75. The fraction of sp³-hybridized carbons (Fsp3) is 1.00. The van der Waals surface area contributed by atoms with Crippen LogP contribution in [0.3, 0.4) is 0 Å². The number of ether oxygens (including phenoxy) is 4. The van der Waals surface area contributed by atoms with Crippen LogP contribution in [0.15, 0.2) is 0 Å². The van der Waals surface area contributed by atoms with Crippen molar-refractivity contribution in [2.45, 2.75) is 12.5 Å². The molecule has 5 heteroatoms. The summed E-state index contributed by atoms with van der Waals surface area (Å²) in [5, 5.41) is 0. The van der Waals surface area contributed by atoms with Crippen molar-refractivity contribution in [2.24, 2.45) is 0 Å². The highest BCUT2D eigenvalue weighted by molar-refractivity contribution is 4.72. The van der Waals surface area contributed by atoms with Crippen LogP contribution in [0, 0.1) is 0 Å². The molecule has 0 aliphatic carbocycles. The maximum atomic E-state index is 5.69. The first-order valence-corrected chi connectivity index (χ1v) is 6.27. The van der Waals surface area contributed by atoms with Gasteiger partial charge in [0.2, 0.25) is 0 Å². The second-order valence-corrected chi connectivity index (χ2v) is 4.26. The molecule has 0 aromatic rings. The van der Waals surface area contributed by atoms with Gasteiger partial charge in [-0.1, -0.05) is 0 Å². The van der Waals surface area contributed by atoms with Crippen molar-refractivity contribution in [3.63, 3.8) is 0 Å². The lowest BCUT2D eigenvalue weighted by atomic mass is 10.3. The molecule has 1 atom stereocenters. The number of likely N-dealkylation sites (N-methyl/N-ethyl adjacent to an activating group) is 1. The minimum atomic E-state index is 0.390. The Labute approximate surface area is 104 Å². The van der Waals surface area contributed by atoms with Gasteiger partial charge in [-0.2, -0.15) is 0 Å². The van der Waals surface area contributed by atoms with E-state index in [-0.39, 0.29) is 0 Å². The van der Waals surface area contributed by atoms with Crippen molar-refractivity contribution in [1.29, 1.82) is 0 Å². The number of hydrogen-bond donors (Lipinski definition) is 0. The summed E-state index contributed by atoms with van der Waals surface area (Å²) in [6.45, 7) is 6.01. The van der Waals surface area contributed by atoms with Crippen LogP contribution in [0.2, 0.25) is 0 Å². The van der Waals surface area contributed by atoms with Crippen LogP contribution in [0.1, 0.15) is 6.42 Å². The third kappa shape index (κ3) is 7.68. The first kappa shape index (κ1) is 14.9. The Bertz CT molecular complexity index is 180. The number of likely N-dealkylation sites (tertiary alicyclic amines) is 1. The van der Waals surface area contributed by atoms with Crippen LogP contribution in [0.25, 0.3) is 0 Å². The zero-order valence-electron chi connectivity index (χ0n) is 11.0.